The van der Waals surface area contributed by atoms with Gasteiger partial charge in [-0.1, -0.05) is 11.6 Å². The van der Waals surface area contributed by atoms with Crippen LogP contribution in [0.1, 0.15) is 29.8 Å². The van der Waals surface area contributed by atoms with E-state index in [0.29, 0.717) is 4.90 Å². The van der Waals surface area contributed by atoms with Gasteiger partial charge in [0.1, 0.15) is 18.0 Å². The van der Waals surface area contributed by atoms with Gasteiger partial charge in [0.2, 0.25) is 5.91 Å². The van der Waals surface area contributed by atoms with Gasteiger partial charge in [-0.15, -0.1) is 0 Å². The van der Waals surface area contributed by atoms with Gasteiger partial charge in [-0.05, 0) is 30.3 Å². The fraction of sp³-hybridized carbons (Fsp3) is 0.250. The van der Waals surface area contributed by atoms with Gasteiger partial charge in [-0.2, -0.15) is 13.2 Å². The zero-order valence-electron chi connectivity index (χ0n) is 16.2. The molecule has 10 heteroatoms. The third kappa shape index (κ3) is 5.73. The minimum atomic E-state index is -4.69. The number of ketones is 1. The Balaban J connectivity index is 2.58. The van der Waals surface area contributed by atoms with Gasteiger partial charge >= 0.3 is 12.1 Å². The molecule has 0 aliphatic carbocycles. The Kier molecular flexibility index (Phi) is 7.09. The topological polar surface area (TPSA) is 72.9 Å². The van der Waals surface area contributed by atoms with E-state index in [1.54, 1.807) is 0 Å². The first-order valence-electron chi connectivity index (χ1n) is 8.48. The number of hydrogen-bond acceptors (Lipinski definition) is 5. The first kappa shape index (κ1) is 23.2. The number of rotatable bonds is 6. The first-order valence-corrected chi connectivity index (χ1v) is 8.86. The molecule has 0 unspecified atom stereocenters. The number of nitrogens with zero attached hydrogens (tertiary/aromatic N) is 1. The van der Waals surface area contributed by atoms with E-state index in [2.05, 4.69) is 0 Å². The highest BCUT2D eigenvalue weighted by atomic mass is 35.5. The summed E-state index contributed by atoms with van der Waals surface area (Å²) in [6.45, 7) is 0.580. The number of hydrogen-bond donors (Lipinski definition) is 0. The zero-order chi connectivity index (χ0) is 22.6. The molecule has 0 saturated heterocycles. The molecule has 0 heterocycles. The molecule has 6 nitrogen and oxygen atoms in total. The second-order valence-corrected chi connectivity index (χ2v) is 6.60. The minimum Gasteiger partial charge on any atom is -0.496 e. The van der Waals surface area contributed by atoms with Crippen LogP contribution in [0.25, 0.3) is 0 Å². The summed E-state index contributed by atoms with van der Waals surface area (Å²) in [7, 11) is 1.27. The number of esters is 1. The summed E-state index contributed by atoms with van der Waals surface area (Å²) >= 11 is 5.96. The van der Waals surface area contributed by atoms with Gasteiger partial charge in [0, 0.05) is 30.5 Å². The van der Waals surface area contributed by atoms with E-state index in [4.69, 9.17) is 21.1 Å². The van der Waals surface area contributed by atoms with Gasteiger partial charge in [-0.25, -0.2) is 0 Å². The second-order valence-electron chi connectivity index (χ2n) is 6.17. The highest BCUT2D eigenvalue weighted by Gasteiger charge is 2.34. The maximum Gasteiger partial charge on any atom is 0.406 e. The minimum absolute atomic E-state index is 0.0209. The molecule has 0 fully saturated rings. The van der Waals surface area contributed by atoms with Crippen molar-refractivity contribution >= 4 is 34.9 Å². The number of alkyl halides is 3. The van der Waals surface area contributed by atoms with E-state index < -0.39 is 30.4 Å². The molecule has 2 aromatic carbocycles. The summed E-state index contributed by atoms with van der Waals surface area (Å²) in [5.74, 6) is -2.08. The second kappa shape index (κ2) is 9.17. The van der Waals surface area contributed by atoms with E-state index in [0.717, 1.165) is 6.92 Å². The standard InChI is InChI=1S/C20H17ClF3NO5/c1-11(26)25(10-20(22,23)24)17-7-4-13(21)8-16(17)19(28)15-6-5-14(30-12(2)27)9-18(15)29-3/h4-9H,10H2,1-3H3. The van der Waals surface area contributed by atoms with Gasteiger partial charge < -0.3 is 14.4 Å². The Hall–Kier alpha value is -3.07. The monoisotopic (exact) mass is 443 g/mol. The molecule has 0 aliphatic rings. The van der Waals surface area contributed by atoms with Crippen LogP contribution in [0.3, 0.4) is 0 Å². The van der Waals surface area contributed by atoms with Gasteiger partial charge in [0.05, 0.1) is 18.4 Å². The van der Waals surface area contributed by atoms with E-state index in [-0.39, 0.29) is 33.3 Å². The molecular weight excluding hydrogens is 427 g/mol. The van der Waals surface area contributed by atoms with Crippen LogP contribution in [0.4, 0.5) is 18.9 Å². The third-order valence-corrected chi connectivity index (χ3v) is 4.13. The predicted octanol–water partition coefficient (Wildman–Crippen LogP) is 4.42. The van der Waals surface area contributed by atoms with Crippen LogP contribution in [0.15, 0.2) is 36.4 Å². The molecule has 2 aromatic rings. The third-order valence-electron chi connectivity index (χ3n) is 3.89. The van der Waals surface area contributed by atoms with E-state index in [1.165, 1.54) is 50.4 Å². The normalized spacial score (nSPS) is 11.0. The summed E-state index contributed by atoms with van der Waals surface area (Å²) in [5.41, 5.74) is -0.492. The number of carbonyl (C=O) groups is 3. The Morgan fingerprint density at radius 1 is 1.03 bits per heavy atom. The van der Waals surface area contributed by atoms with E-state index >= 15 is 0 Å². The molecule has 1 amide bonds. The van der Waals surface area contributed by atoms with Crippen molar-refractivity contribution in [3.8, 4) is 11.5 Å². The van der Waals surface area contributed by atoms with Crippen molar-refractivity contribution in [3.05, 3.63) is 52.5 Å². The van der Waals surface area contributed by atoms with Crippen LogP contribution in [-0.2, 0) is 9.59 Å². The van der Waals surface area contributed by atoms with Crippen molar-refractivity contribution in [2.75, 3.05) is 18.6 Å². The average Bonchev–Trinajstić information content (AvgIpc) is 2.64. The highest BCUT2D eigenvalue weighted by Crippen LogP contribution is 2.33. The Morgan fingerprint density at radius 2 is 1.70 bits per heavy atom. The molecule has 0 bridgehead atoms. The van der Waals surface area contributed by atoms with Gasteiger partial charge in [0.15, 0.2) is 5.78 Å². The predicted molar refractivity (Wildman–Crippen MR) is 103 cm³/mol. The summed E-state index contributed by atoms with van der Waals surface area (Å²) < 4.78 is 49.1. The Morgan fingerprint density at radius 3 is 2.23 bits per heavy atom. The maximum absolute atomic E-state index is 13.2. The first-order chi connectivity index (χ1) is 13.9. The zero-order valence-corrected chi connectivity index (χ0v) is 16.9. The number of methoxy groups -OCH3 is 1. The Labute approximate surface area is 175 Å². The van der Waals surface area contributed by atoms with Gasteiger partial charge in [-0.3, -0.25) is 14.4 Å². The summed E-state index contributed by atoms with van der Waals surface area (Å²) in [6.07, 6.45) is -4.69. The van der Waals surface area contributed by atoms with Gasteiger partial charge in [0.25, 0.3) is 0 Å². The molecule has 0 atom stereocenters. The quantitative estimate of drug-likeness (QED) is 0.375. The van der Waals surface area contributed by atoms with Crippen LogP contribution < -0.4 is 14.4 Å². The Bertz CT molecular complexity index is 991. The number of amides is 1. The van der Waals surface area contributed by atoms with Crippen molar-refractivity contribution in [2.24, 2.45) is 0 Å². The molecule has 0 aromatic heterocycles. The summed E-state index contributed by atoms with van der Waals surface area (Å²) in [6, 6.07) is 7.54. The maximum atomic E-state index is 13.2. The smallest absolute Gasteiger partial charge is 0.406 e. The van der Waals surface area contributed by atoms with E-state index in [1.807, 2.05) is 0 Å². The fourth-order valence-corrected chi connectivity index (χ4v) is 2.88. The largest absolute Gasteiger partial charge is 0.496 e. The van der Waals surface area contributed by atoms with Crippen molar-refractivity contribution < 1.29 is 37.0 Å². The molecule has 0 aliphatic heterocycles. The van der Waals surface area contributed by atoms with Crippen LogP contribution in [-0.4, -0.2) is 37.5 Å². The molecule has 2 rings (SSSR count). The number of anilines is 1. The fourth-order valence-electron chi connectivity index (χ4n) is 2.70. The van der Waals surface area contributed by atoms with Crippen LogP contribution in [0, 0.1) is 0 Å². The van der Waals surface area contributed by atoms with Crippen molar-refractivity contribution in [3.63, 3.8) is 0 Å². The molecular formula is C20H17ClF3NO5. The summed E-state index contributed by atoms with van der Waals surface area (Å²) in [5, 5.41) is 0.0908. The lowest BCUT2D eigenvalue weighted by Gasteiger charge is -2.25. The SMILES string of the molecule is COc1cc(OC(C)=O)ccc1C(=O)c1cc(Cl)ccc1N(CC(F)(F)F)C(C)=O. The number of ether oxygens (including phenoxy) is 2. The number of carbonyl (C=O) groups excluding carboxylic acids is 3. The molecule has 0 N–H and O–H groups in total. The van der Waals surface area contributed by atoms with Crippen LogP contribution in [0.2, 0.25) is 5.02 Å². The number of halogens is 4. The lowest BCUT2D eigenvalue weighted by molar-refractivity contribution is -0.131. The number of benzene rings is 2. The lowest BCUT2D eigenvalue weighted by Crippen LogP contribution is -2.38. The van der Waals surface area contributed by atoms with Crippen molar-refractivity contribution in [1.29, 1.82) is 0 Å². The van der Waals surface area contributed by atoms with Crippen molar-refractivity contribution in [2.45, 2.75) is 20.0 Å². The van der Waals surface area contributed by atoms with E-state index in [9.17, 15) is 27.6 Å². The lowest BCUT2D eigenvalue weighted by atomic mass is 9.99. The molecule has 30 heavy (non-hydrogen) atoms. The van der Waals surface area contributed by atoms with Crippen LogP contribution >= 0.6 is 11.6 Å². The molecule has 0 spiro atoms. The van der Waals surface area contributed by atoms with Crippen molar-refractivity contribution in [1.82, 2.24) is 0 Å². The highest BCUT2D eigenvalue weighted by molar-refractivity contribution is 6.31. The molecule has 0 radical (unpaired) electrons. The summed E-state index contributed by atoms with van der Waals surface area (Å²) in [4.78, 5) is 36.6. The van der Waals surface area contributed by atoms with Crippen LogP contribution in [0.5, 0.6) is 11.5 Å². The molecule has 0 saturated carbocycles. The molecule has 160 valence electrons. The average molecular weight is 444 g/mol.